The van der Waals surface area contributed by atoms with Crippen LogP contribution in [0.25, 0.3) is 0 Å². The van der Waals surface area contributed by atoms with Crippen LogP contribution in [0, 0.1) is 5.92 Å². The third-order valence-electron chi connectivity index (χ3n) is 1.85. The second-order valence-corrected chi connectivity index (χ2v) is 2.77. The molecule has 1 saturated heterocycles. The lowest BCUT2D eigenvalue weighted by Crippen LogP contribution is -2.37. The molecular formula is C6H10F2N2O2. The predicted octanol–water partition coefficient (Wildman–Crippen LogP) is 0.109. The third-order valence-corrected chi connectivity index (χ3v) is 1.85. The van der Waals surface area contributed by atoms with Crippen LogP contribution >= 0.6 is 0 Å². The SMILES string of the molecule is O=C(O)NCC1CNCC1(F)F. The van der Waals surface area contributed by atoms with Gasteiger partial charge in [0.15, 0.2) is 0 Å². The number of amides is 1. The van der Waals surface area contributed by atoms with Gasteiger partial charge in [0.2, 0.25) is 0 Å². The Morgan fingerprint density at radius 2 is 2.42 bits per heavy atom. The van der Waals surface area contributed by atoms with Crippen molar-refractivity contribution in [3.05, 3.63) is 0 Å². The summed E-state index contributed by atoms with van der Waals surface area (Å²) in [4.78, 5) is 9.99. The molecular weight excluding hydrogens is 170 g/mol. The van der Waals surface area contributed by atoms with Crippen LogP contribution in [0.4, 0.5) is 13.6 Å². The monoisotopic (exact) mass is 180 g/mol. The standard InChI is InChI=1S/C6H10F2N2O2/c7-6(8)3-9-1-4(6)2-10-5(11)12/h4,9-10H,1-3H2,(H,11,12). The van der Waals surface area contributed by atoms with Crippen molar-refractivity contribution in [2.24, 2.45) is 5.92 Å². The first-order chi connectivity index (χ1) is 5.52. The molecule has 0 spiro atoms. The van der Waals surface area contributed by atoms with Crippen molar-refractivity contribution in [2.75, 3.05) is 19.6 Å². The molecule has 6 heteroatoms. The van der Waals surface area contributed by atoms with Gasteiger partial charge < -0.3 is 15.7 Å². The summed E-state index contributed by atoms with van der Waals surface area (Å²) in [6, 6.07) is 0. The highest BCUT2D eigenvalue weighted by Crippen LogP contribution is 2.27. The molecule has 0 aromatic heterocycles. The molecule has 0 aromatic rings. The van der Waals surface area contributed by atoms with Crippen LogP contribution in [0.2, 0.25) is 0 Å². The molecule has 0 bridgehead atoms. The second-order valence-electron chi connectivity index (χ2n) is 2.77. The molecule has 12 heavy (non-hydrogen) atoms. The van der Waals surface area contributed by atoms with E-state index in [4.69, 9.17) is 5.11 Å². The number of hydrogen-bond acceptors (Lipinski definition) is 2. The Labute approximate surface area is 67.9 Å². The number of hydrogen-bond donors (Lipinski definition) is 3. The first-order valence-corrected chi connectivity index (χ1v) is 3.58. The van der Waals surface area contributed by atoms with E-state index in [1.54, 1.807) is 0 Å². The largest absolute Gasteiger partial charge is 0.465 e. The van der Waals surface area contributed by atoms with Crippen molar-refractivity contribution in [3.63, 3.8) is 0 Å². The zero-order valence-electron chi connectivity index (χ0n) is 6.31. The van der Waals surface area contributed by atoms with E-state index in [-0.39, 0.29) is 19.6 Å². The van der Waals surface area contributed by atoms with E-state index in [1.165, 1.54) is 0 Å². The molecule has 0 radical (unpaired) electrons. The highest BCUT2D eigenvalue weighted by atomic mass is 19.3. The van der Waals surface area contributed by atoms with Crippen molar-refractivity contribution >= 4 is 6.09 Å². The van der Waals surface area contributed by atoms with Gasteiger partial charge >= 0.3 is 6.09 Å². The number of nitrogens with one attached hydrogen (secondary N) is 2. The van der Waals surface area contributed by atoms with E-state index in [1.807, 2.05) is 5.32 Å². The minimum atomic E-state index is -2.79. The van der Waals surface area contributed by atoms with E-state index in [2.05, 4.69) is 5.32 Å². The van der Waals surface area contributed by atoms with Gasteiger partial charge in [-0.15, -0.1) is 0 Å². The fraction of sp³-hybridized carbons (Fsp3) is 0.833. The minimum absolute atomic E-state index is 0.160. The predicted molar refractivity (Wildman–Crippen MR) is 37.3 cm³/mol. The Morgan fingerprint density at radius 1 is 1.75 bits per heavy atom. The van der Waals surface area contributed by atoms with E-state index < -0.39 is 17.9 Å². The Bertz CT molecular complexity index is 186. The first-order valence-electron chi connectivity index (χ1n) is 3.58. The van der Waals surface area contributed by atoms with E-state index in [9.17, 15) is 13.6 Å². The number of alkyl halides is 2. The first kappa shape index (κ1) is 9.18. The van der Waals surface area contributed by atoms with Crippen LogP contribution in [0.15, 0.2) is 0 Å². The van der Waals surface area contributed by atoms with Gasteiger partial charge in [-0.3, -0.25) is 0 Å². The molecule has 1 unspecified atom stereocenters. The Kier molecular flexibility index (Phi) is 2.46. The highest BCUT2D eigenvalue weighted by molar-refractivity contribution is 5.64. The minimum Gasteiger partial charge on any atom is -0.465 e. The van der Waals surface area contributed by atoms with Gasteiger partial charge in [-0.2, -0.15) is 0 Å². The fourth-order valence-corrected chi connectivity index (χ4v) is 1.14. The summed E-state index contributed by atoms with van der Waals surface area (Å²) in [5.74, 6) is -3.71. The number of carbonyl (C=O) groups is 1. The van der Waals surface area contributed by atoms with Crippen molar-refractivity contribution in [1.82, 2.24) is 10.6 Å². The molecule has 1 aliphatic rings. The molecule has 0 saturated carbocycles. The Balaban J connectivity index is 2.36. The van der Waals surface area contributed by atoms with E-state index >= 15 is 0 Å². The summed E-state index contributed by atoms with van der Waals surface area (Å²) < 4.78 is 25.5. The maximum Gasteiger partial charge on any atom is 0.404 e. The van der Waals surface area contributed by atoms with E-state index in [0.717, 1.165) is 0 Å². The van der Waals surface area contributed by atoms with Crippen LogP contribution in [-0.2, 0) is 0 Å². The Hall–Kier alpha value is -0.910. The lowest BCUT2D eigenvalue weighted by molar-refractivity contribution is -0.0203. The highest BCUT2D eigenvalue weighted by Gasteiger charge is 2.43. The summed E-state index contributed by atoms with van der Waals surface area (Å²) in [5, 5.41) is 12.6. The van der Waals surface area contributed by atoms with Crippen molar-refractivity contribution in [1.29, 1.82) is 0 Å². The van der Waals surface area contributed by atoms with Crippen LogP contribution in [-0.4, -0.2) is 36.8 Å². The maximum absolute atomic E-state index is 12.8. The summed E-state index contributed by atoms with van der Waals surface area (Å²) in [5.41, 5.74) is 0. The van der Waals surface area contributed by atoms with Gasteiger partial charge in [0.1, 0.15) is 0 Å². The Morgan fingerprint density at radius 3 is 2.83 bits per heavy atom. The molecule has 1 rings (SSSR count). The van der Waals surface area contributed by atoms with Gasteiger partial charge in [-0.05, 0) is 0 Å². The van der Waals surface area contributed by atoms with E-state index in [0.29, 0.717) is 0 Å². The molecule has 1 heterocycles. The molecule has 1 aliphatic heterocycles. The van der Waals surface area contributed by atoms with Gasteiger partial charge in [-0.1, -0.05) is 0 Å². The molecule has 0 aromatic carbocycles. The number of halogens is 2. The summed E-state index contributed by atoms with van der Waals surface area (Å²) >= 11 is 0. The van der Waals surface area contributed by atoms with Crippen LogP contribution in [0.3, 0.4) is 0 Å². The summed E-state index contributed by atoms with van der Waals surface area (Å²) in [6.45, 7) is -0.401. The zero-order chi connectivity index (χ0) is 9.19. The summed E-state index contributed by atoms with van der Waals surface area (Å²) in [6.07, 6.45) is -1.27. The summed E-state index contributed by atoms with van der Waals surface area (Å²) in [7, 11) is 0. The van der Waals surface area contributed by atoms with Gasteiger partial charge in [0, 0.05) is 13.1 Å². The lowest BCUT2D eigenvalue weighted by atomic mass is 10.1. The zero-order valence-corrected chi connectivity index (χ0v) is 6.31. The normalized spacial score (nSPS) is 27.0. The van der Waals surface area contributed by atoms with Crippen LogP contribution in [0.1, 0.15) is 0 Å². The molecule has 4 nitrogen and oxygen atoms in total. The number of carboxylic acid groups (broad SMARTS) is 1. The maximum atomic E-state index is 12.8. The second kappa shape index (κ2) is 3.22. The van der Waals surface area contributed by atoms with Crippen molar-refractivity contribution in [2.45, 2.75) is 5.92 Å². The fourth-order valence-electron chi connectivity index (χ4n) is 1.14. The van der Waals surface area contributed by atoms with Crippen LogP contribution in [0.5, 0.6) is 0 Å². The van der Waals surface area contributed by atoms with Crippen LogP contribution < -0.4 is 10.6 Å². The lowest BCUT2D eigenvalue weighted by Gasteiger charge is -2.16. The molecule has 1 fully saturated rings. The van der Waals surface area contributed by atoms with Crippen molar-refractivity contribution in [3.8, 4) is 0 Å². The quantitative estimate of drug-likeness (QED) is 0.565. The van der Waals surface area contributed by atoms with Gasteiger partial charge in [0.25, 0.3) is 5.92 Å². The van der Waals surface area contributed by atoms with Crippen molar-refractivity contribution < 1.29 is 18.7 Å². The molecule has 1 atom stereocenters. The molecule has 1 amide bonds. The smallest absolute Gasteiger partial charge is 0.404 e. The average Bonchev–Trinajstić information content (AvgIpc) is 2.25. The number of rotatable bonds is 2. The average molecular weight is 180 g/mol. The molecule has 0 aliphatic carbocycles. The third kappa shape index (κ3) is 2.04. The molecule has 70 valence electrons. The van der Waals surface area contributed by atoms with Gasteiger partial charge in [-0.25, -0.2) is 13.6 Å². The topological polar surface area (TPSA) is 61.4 Å². The van der Waals surface area contributed by atoms with Gasteiger partial charge in [0.05, 0.1) is 12.5 Å². The molecule has 3 N–H and O–H groups in total.